The number of sulfone groups is 1. The Balaban J connectivity index is 2.33. The lowest BCUT2D eigenvalue weighted by molar-refractivity contribution is 0.600. The maximum atomic E-state index is 11.4. The van der Waals surface area contributed by atoms with E-state index in [0.29, 0.717) is 10.8 Å². The van der Waals surface area contributed by atoms with Gasteiger partial charge < -0.3 is 5.73 Å². The minimum atomic E-state index is -3.12. The first-order valence-corrected chi connectivity index (χ1v) is 6.93. The summed E-state index contributed by atoms with van der Waals surface area (Å²) >= 11 is 0. The van der Waals surface area contributed by atoms with Crippen LogP contribution < -0.4 is 5.73 Å². The van der Waals surface area contributed by atoms with Crippen LogP contribution in [0.25, 0.3) is 0 Å². The standard InChI is InChI=1S/C11H15NO2S/c1-15(13,14)10-4-2-3-9(7-10)11(12)8-5-6-8/h2-4,7-8,11H,5-6,12H2,1H3. The zero-order chi connectivity index (χ0) is 11.1. The quantitative estimate of drug-likeness (QED) is 0.848. The monoisotopic (exact) mass is 225 g/mol. The van der Waals surface area contributed by atoms with Crippen molar-refractivity contribution in [2.45, 2.75) is 23.8 Å². The second kappa shape index (κ2) is 3.61. The minimum Gasteiger partial charge on any atom is -0.324 e. The molecule has 1 saturated carbocycles. The zero-order valence-corrected chi connectivity index (χ0v) is 9.50. The average molecular weight is 225 g/mol. The van der Waals surface area contributed by atoms with E-state index >= 15 is 0 Å². The van der Waals surface area contributed by atoms with Gasteiger partial charge in [-0.1, -0.05) is 12.1 Å². The van der Waals surface area contributed by atoms with Gasteiger partial charge in [-0.15, -0.1) is 0 Å². The van der Waals surface area contributed by atoms with Crippen LogP contribution in [0.15, 0.2) is 29.2 Å². The van der Waals surface area contributed by atoms with Gasteiger partial charge >= 0.3 is 0 Å². The van der Waals surface area contributed by atoms with E-state index < -0.39 is 9.84 Å². The van der Waals surface area contributed by atoms with Crippen LogP contribution in [-0.2, 0) is 9.84 Å². The molecule has 1 atom stereocenters. The summed E-state index contributed by atoms with van der Waals surface area (Å²) in [6.07, 6.45) is 3.53. The normalized spacial score (nSPS) is 18.8. The van der Waals surface area contributed by atoms with E-state index in [1.54, 1.807) is 18.2 Å². The summed E-state index contributed by atoms with van der Waals surface area (Å²) in [6, 6.07) is 6.95. The molecule has 2 rings (SSSR count). The van der Waals surface area contributed by atoms with Crippen molar-refractivity contribution in [3.05, 3.63) is 29.8 Å². The molecule has 0 amide bonds. The third-order valence-corrected chi connectivity index (χ3v) is 3.91. The van der Waals surface area contributed by atoms with Gasteiger partial charge in [-0.2, -0.15) is 0 Å². The van der Waals surface area contributed by atoms with E-state index in [-0.39, 0.29) is 6.04 Å². The number of hydrogen-bond acceptors (Lipinski definition) is 3. The van der Waals surface area contributed by atoms with Crippen molar-refractivity contribution in [1.29, 1.82) is 0 Å². The molecule has 1 aliphatic rings. The number of hydrogen-bond donors (Lipinski definition) is 1. The van der Waals surface area contributed by atoms with Crippen molar-refractivity contribution in [3.8, 4) is 0 Å². The lowest BCUT2D eigenvalue weighted by atomic mass is 10.0. The van der Waals surface area contributed by atoms with Gasteiger partial charge in [0.05, 0.1) is 4.90 Å². The van der Waals surface area contributed by atoms with E-state index in [2.05, 4.69) is 0 Å². The number of benzene rings is 1. The molecule has 82 valence electrons. The Labute approximate surface area is 90.2 Å². The van der Waals surface area contributed by atoms with Crippen molar-refractivity contribution in [2.24, 2.45) is 11.7 Å². The Kier molecular flexibility index (Phi) is 2.56. The minimum absolute atomic E-state index is 0.00769. The van der Waals surface area contributed by atoms with E-state index in [0.717, 1.165) is 18.4 Å². The van der Waals surface area contributed by atoms with E-state index in [4.69, 9.17) is 5.73 Å². The van der Waals surface area contributed by atoms with Crippen LogP contribution >= 0.6 is 0 Å². The maximum absolute atomic E-state index is 11.4. The van der Waals surface area contributed by atoms with Gasteiger partial charge in [-0.3, -0.25) is 0 Å². The molecule has 1 fully saturated rings. The highest BCUT2D eigenvalue weighted by Gasteiger charge is 2.29. The van der Waals surface area contributed by atoms with Crippen LogP contribution in [-0.4, -0.2) is 14.7 Å². The number of nitrogens with two attached hydrogens (primary N) is 1. The molecule has 3 nitrogen and oxygen atoms in total. The van der Waals surface area contributed by atoms with Crippen LogP contribution in [0.1, 0.15) is 24.4 Å². The highest BCUT2D eigenvalue weighted by Crippen LogP contribution is 2.39. The average Bonchev–Trinajstić information content (AvgIpc) is 2.99. The predicted molar refractivity (Wildman–Crippen MR) is 59.2 cm³/mol. The summed E-state index contributed by atoms with van der Waals surface area (Å²) in [4.78, 5) is 0.358. The Morgan fingerprint density at radius 3 is 2.60 bits per heavy atom. The summed E-state index contributed by atoms with van der Waals surface area (Å²) in [6.45, 7) is 0. The van der Waals surface area contributed by atoms with Gasteiger partial charge in [0.1, 0.15) is 0 Å². The summed E-state index contributed by atoms with van der Waals surface area (Å²) in [5.41, 5.74) is 6.95. The molecule has 1 aromatic rings. The summed E-state index contributed by atoms with van der Waals surface area (Å²) < 4.78 is 22.7. The molecular weight excluding hydrogens is 210 g/mol. The highest BCUT2D eigenvalue weighted by molar-refractivity contribution is 7.90. The number of rotatable bonds is 3. The molecular formula is C11H15NO2S. The molecule has 0 aliphatic heterocycles. The van der Waals surface area contributed by atoms with Crippen molar-refractivity contribution in [1.82, 2.24) is 0 Å². The Morgan fingerprint density at radius 1 is 1.40 bits per heavy atom. The highest BCUT2D eigenvalue weighted by atomic mass is 32.2. The van der Waals surface area contributed by atoms with Gasteiger partial charge in [0.15, 0.2) is 9.84 Å². The van der Waals surface area contributed by atoms with Crippen LogP contribution in [0.5, 0.6) is 0 Å². The second-order valence-electron chi connectivity index (χ2n) is 4.21. The van der Waals surface area contributed by atoms with Crippen LogP contribution in [0.4, 0.5) is 0 Å². The summed E-state index contributed by atoms with van der Waals surface area (Å²) in [5.74, 6) is 0.541. The Hall–Kier alpha value is -0.870. The molecule has 1 unspecified atom stereocenters. The van der Waals surface area contributed by atoms with Gasteiger partial charge in [-0.05, 0) is 36.5 Å². The third kappa shape index (κ3) is 2.38. The topological polar surface area (TPSA) is 60.2 Å². The van der Waals surface area contributed by atoms with E-state index in [1.807, 2.05) is 6.07 Å². The van der Waals surface area contributed by atoms with Crippen LogP contribution in [0, 0.1) is 5.92 Å². The zero-order valence-electron chi connectivity index (χ0n) is 8.68. The van der Waals surface area contributed by atoms with Gasteiger partial charge in [0.25, 0.3) is 0 Å². The van der Waals surface area contributed by atoms with E-state index in [9.17, 15) is 8.42 Å². The van der Waals surface area contributed by atoms with E-state index in [1.165, 1.54) is 6.26 Å². The van der Waals surface area contributed by atoms with Crippen molar-refractivity contribution >= 4 is 9.84 Å². The fourth-order valence-corrected chi connectivity index (χ4v) is 2.36. The van der Waals surface area contributed by atoms with Gasteiger partial charge in [0.2, 0.25) is 0 Å². The fraction of sp³-hybridized carbons (Fsp3) is 0.455. The summed E-state index contributed by atoms with van der Waals surface area (Å²) in [5, 5.41) is 0. The van der Waals surface area contributed by atoms with Crippen molar-refractivity contribution < 1.29 is 8.42 Å². The molecule has 0 radical (unpaired) electrons. The Bertz CT molecular complexity index is 463. The molecule has 0 bridgehead atoms. The van der Waals surface area contributed by atoms with Crippen molar-refractivity contribution in [2.75, 3.05) is 6.26 Å². The molecule has 15 heavy (non-hydrogen) atoms. The molecule has 0 aromatic heterocycles. The van der Waals surface area contributed by atoms with Gasteiger partial charge in [0, 0.05) is 12.3 Å². The molecule has 0 heterocycles. The van der Waals surface area contributed by atoms with Crippen LogP contribution in [0.2, 0.25) is 0 Å². The van der Waals surface area contributed by atoms with Crippen LogP contribution in [0.3, 0.4) is 0 Å². The fourth-order valence-electron chi connectivity index (χ4n) is 1.68. The lowest BCUT2D eigenvalue weighted by Crippen LogP contribution is -2.12. The Morgan fingerprint density at radius 2 is 2.07 bits per heavy atom. The SMILES string of the molecule is CS(=O)(=O)c1cccc(C(N)C2CC2)c1. The predicted octanol–water partition coefficient (Wildman–Crippen LogP) is 1.50. The van der Waals surface area contributed by atoms with Gasteiger partial charge in [-0.25, -0.2) is 8.42 Å². The first-order valence-electron chi connectivity index (χ1n) is 5.04. The molecule has 1 aliphatic carbocycles. The van der Waals surface area contributed by atoms with Crippen molar-refractivity contribution in [3.63, 3.8) is 0 Å². The summed E-state index contributed by atoms with van der Waals surface area (Å²) in [7, 11) is -3.12. The smallest absolute Gasteiger partial charge is 0.175 e. The maximum Gasteiger partial charge on any atom is 0.175 e. The molecule has 1 aromatic carbocycles. The molecule has 4 heteroatoms. The second-order valence-corrected chi connectivity index (χ2v) is 6.22. The molecule has 0 spiro atoms. The first kappa shape index (κ1) is 10.6. The molecule has 2 N–H and O–H groups in total. The lowest BCUT2D eigenvalue weighted by Gasteiger charge is -2.11. The largest absolute Gasteiger partial charge is 0.324 e. The molecule has 0 saturated heterocycles. The first-order chi connectivity index (χ1) is 6.98. The third-order valence-electron chi connectivity index (χ3n) is 2.80.